The van der Waals surface area contributed by atoms with E-state index in [0.717, 1.165) is 12.1 Å². The van der Waals surface area contributed by atoms with Crippen LogP contribution in [-0.4, -0.2) is 15.8 Å². The van der Waals surface area contributed by atoms with Gasteiger partial charge in [-0.25, -0.2) is 9.48 Å². The van der Waals surface area contributed by atoms with Gasteiger partial charge in [-0.1, -0.05) is 35.3 Å². The first-order chi connectivity index (χ1) is 14.6. The zero-order valence-corrected chi connectivity index (χ0v) is 17.9. The summed E-state index contributed by atoms with van der Waals surface area (Å²) < 4.78 is 45.4. The molecule has 0 atom stereocenters. The van der Waals surface area contributed by atoms with E-state index in [2.05, 4.69) is 15.7 Å². The highest BCUT2D eigenvalue weighted by Gasteiger charge is 2.30. The molecule has 1 heterocycles. The van der Waals surface area contributed by atoms with Gasteiger partial charge in [0.05, 0.1) is 38.4 Å². The molecule has 2 N–H and O–H groups in total. The van der Waals surface area contributed by atoms with E-state index >= 15 is 0 Å². The number of carbonyl (C=O) groups is 1. The number of carbonyl (C=O) groups excluding carboxylic acids is 1. The zero-order chi connectivity index (χ0) is 22.8. The van der Waals surface area contributed by atoms with Crippen LogP contribution in [0.25, 0.3) is 0 Å². The lowest BCUT2D eigenvalue weighted by Gasteiger charge is -2.12. The van der Waals surface area contributed by atoms with E-state index in [4.69, 9.17) is 27.9 Å². The minimum atomic E-state index is -4.46. The number of benzene rings is 2. The molecular formula is C20H17Cl2F3N4O2. The van der Waals surface area contributed by atoms with Crippen molar-refractivity contribution < 1.29 is 22.7 Å². The van der Waals surface area contributed by atoms with Crippen LogP contribution in [-0.2, 0) is 12.9 Å². The van der Waals surface area contributed by atoms with E-state index in [1.807, 2.05) is 0 Å². The van der Waals surface area contributed by atoms with Crippen molar-refractivity contribution >= 4 is 40.6 Å². The molecule has 0 radical (unpaired) electrons. The second kappa shape index (κ2) is 9.07. The Morgan fingerprint density at radius 1 is 1.13 bits per heavy atom. The van der Waals surface area contributed by atoms with Gasteiger partial charge in [0.25, 0.3) is 0 Å². The number of anilines is 2. The van der Waals surface area contributed by atoms with Crippen LogP contribution in [0.4, 0.5) is 29.3 Å². The first-order valence-electron chi connectivity index (χ1n) is 8.92. The van der Waals surface area contributed by atoms with Gasteiger partial charge in [-0.15, -0.1) is 0 Å². The van der Waals surface area contributed by atoms with Crippen LogP contribution in [0.5, 0.6) is 5.75 Å². The SMILES string of the molecule is Cc1nn(COc2cccc(C(F)(F)F)c2)c(C)c1NC(=O)Nc1cccc(Cl)c1Cl. The molecular weight excluding hydrogens is 456 g/mol. The van der Waals surface area contributed by atoms with E-state index in [9.17, 15) is 18.0 Å². The molecule has 0 bridgehead atoms. The number of amides is 2. The van der Waals surface area contributed by atoms with Crippen LogP contribution >= 0.6 is 23.2 Å². The molecule has 3 aromatic rings. The summed E-state index contributed by atoms with van der Waals surface area (Å²) in [6, 6.07) is 8.82. The Hall–Kier alpha value is -2.91. The zero-order valence-electron chi connectivity index (χ0n) is 16.3. The highest BCUT2D eigenvalue weighted by molar-refractivity contribution is 6.44. The van der Waals surface area contributed by atoms with E-state index in [-0.39, 0.29) is 17.5 Å². The van der Waals surface area contributed by atoms with Gasteiger partial charge in [-0.05, 0) is 44.2 Å². The number of hydrogen-bond acceptors (Lipinski definition) is 3. The van der Waals surface area contributed by atoms with Crippen molar-refractivity contribution in [3.8, 4) is 5.75 Å². The van der Waals surface area contributed by atoms with Crippen LogP contribution in [0.2, 0.25) is 10.0 Å². The Balaban J connectivity index is 1.69. The number of aryl methyl sites for hydroxylation is 1. The average molecular weight is 473 g/mol. The third-order valence-corrected chi connectivity index (χ3v) is 5.15. The highest BCUT2D eigenvalue weighted by Crippen LogP contribution is 2.32. The van der Waals surface area contributed by atoms with Crippen molar-refractivity contribution in [3.05, 3.63) is 69.5 Å². The summed E-state index contributed by atoms with van der Waals surface area (Å²) in [6.45, 7) is 3.23. The van der Waals surface area contributed by atoms with Crippen LogP contribution < -0.4 is 15.4 Å². The Labute approximate surface area is 185 Å². The molecule has 1 aromatic heterocycles. The largest absolute Gasteiger partial charge is 0.471 e. The molecule has 0 saturated carbocycles. The summed E-state index contributed by atoms with van der Waals surface area (Å²) in [5.41, 5.74) is 1.01. The lowest BCUT2D eigenvalue weighted by atomic mass is 10.2. The summed E-state index contributed by atoms with van der Waals surface area (Å²) in [4.78, 5) is 12.4. The third-order valence-electron chi connectivity index (χ3n) is 4.33. The molecule has 164 valence electrons. The molecule has 6 nitrogen and oxygen atoms in total. The Morgan fingerprint density at radius 2 is 1.84 bits per heavy atom. The fraction of sp³-hybridized carbons (Fsp3) is 0.200. The summed E-state index contributed by atoms with van der Waals surface area (Å²) in [5, 5.41) is 10.1. The summed E-state index contributed by atoms with van der Waals surface area (Å²) >= 11 is 12.0. The topological polar surface area (TPSA) is 68.2 Å². The van der Waals surface area contributed by atoms with Crippen LogP contribution in [0.1, 0.15) is 17.0 Å². The number of halogens is 5. The van der Waals surface area contributed by atoms with Gasteiger partial charge in [-0.2, -0.15) is 18.3 Å². The molecule has 0 spiro atoms. The van der Waals surface area contributed by atoms with Crippen LogP contribution in [0, 0.1) is 13.8 Å². The third kappa shape index (κ3) is 5.42. The first kappa shape index (κ1) is 22.8. The number of urea groups is 1. The summed E-state index contributed by atoms with van der Waals surface area (Å²) in [5.74, 6) is 0.0465. The maximum atomic E-state index is 12.8. The van der Waals surface area contributed by atoms with Gasteiger partial charge in [0.2, 0.25) is 0 Å². The maximum Gasteiger partial charge on any atom is 0.416 e. The molecule has 0 aliphatic heterocycles. The lowest BCUT2D eigenvalue weighted by molar-refractivity contribution is -0.137. The molecule has 0 unspecified atom stereocenters. The van der Waals surface area contributed by atoms with Crippen molar-refractivity contribution in [2.24, 2.45) is 0 Å². The standard InChI is InChI=1S/C20H17Cl2F3N4O2/c1-11-18(27-19(30)26-16-8-4-7-15(21)17(16)22)12(2)29(28-11)10-31-14-6-3-5-13(9-14)20(23,24)25/h3-9H,10H2,1-2H3,(H2,26,27,30). The molecule has 11 heteroatoms. The van der Waals surface area contributed by atoms with Gasteiger partial charge in [0.1, 0.15) is 5.75 Å². The predicted octanol–water partition coefficient (Wildman–Crippen LogP) is 6.51. The van der Waals surface area contributed by atoms with Crippen LogP contribution in [0.3, 0.4) is 0 Å². The Kier molecular flexibility index (Phi) is 6.66. The lowest BCUT2D eigenvalue weighted by Crippen LogP contribution is -2.20. The van der Waals surface area contributed by atoms with E-state index in [0.29, 0.717) is 27.8 Å². The van der Waals surface area contributed by atoms with E-state index in [1.54, 1.807) is 32.0 Å². The monoisotopic (exact) mass is 472 g/mol. The van der Waals surface area contributed by atoms with Crippen molar-refractivity contribution in [1.29, 1.82) is 0 Å². The van der Waals surface area contributed by atoms with Gasteiger partial charge >= 0.3 is 12.2 Å². The van der Waals surface area contributed by atoms with Crippen molar-refractivity contribution in [3.63, 3.8) is 0 Å². The molecule has 0 aliphatic carbocycles. The first-order valence-corrected chi connectivity index (χ1v) is 9.68. The second-order valence-electron chi connectivity index (χ2n) is 6.52. The normalized spacial score (nSPS) is 11.3. The number of nitrogens with zero attached hydrogens (tertiary/aromatic N) is 2. The Morgan fingerprint density at radius 3 is 2.55 bits per heavy atom. The molecule has 0 aliphatic rings. The molecule has 2 aromatic carbocycles. The number of aromatic nitrogens is 2. The number of alkyl halides is 3. The van der Waals surface area contributed by atoms with Crippen molar-refractivity contribution in [2.75, 3.05) is 10.6 Å². The van der Waals surface area contributed by atoms with Gasteiger partial charge < -0.3 is 15.4 Å². The van der Waals surface area contributed by atoms with Crippen molar-refractivity contribution in [1.82, 2.24) is 9.78 Å². The minimum absolute atomic E-state index is 0.0465. The highest BCUT2D eigenvalue weighted by atomic mass is 35.5. The van der Waals surface area contributed by atoms with Gasteiger partial charge in [-0.3, -0.25) is 0 Å². The number of nitrogens with one attached hydrogen (secondary N) is 2. The summed E-state index contributed by atoms with van der Waals surface area (Å²) in [6.07, 6.45) is -4.46. The smallest absolute Gasteiger partial charge is 0.416 e. The van der Waals surface area contributed by atoms with E-state index in [1.165, 1.54) is 16.8 Å². The van der Waals surface area contributed by atoms with Gasteiger partial charge in [0.15, 0.2) is 6.73 Å². The minimum Gasteiger partial charge on any atom is -0.471 e. The fourth-order valence-corrected chi connectivity index (χ4v) is 3.12. The predicted molar refractivity (Wildman–Crippen MR) is 113 cm³/mol. The quantitative estimate of drug-likeness (QED) is 0.444. The number of ether oxygens (including phenoxy) is 1. The molecule has 31 heavy (non-hydrogen) atoms. The molecule has 3 rings (SSSR count). The Bertz CT molecular complexity index is 1120. The number of rotatable bonds is 5. The fourth-order valence-electron chi connectivity index (χ4n) is 2.77. The van der Waals surface area contributed by atoms with Crippen LogP contribution in [0.15, 0.2) is 42.5 Å². The van der Waals surface area contributed by atoms with Crippen molar-refractivity contribution in [2.45, 2.75) is 26.8 Å². The van der Waals surface area contributed by atoms with Gasteiger partial charge in [0, 0.05) is 0 Å². The number of hydrogen-bond donors (Lipinski definition) is 2. The molecule has 0 fully saturated rings. The van der Waals surface area contributed by atoms with E-state index < -0.39 is 17.8 Å². The summed E-state index contributed by atoms with van der Waals surface area (Å²) in [7, 11) is 0. The second-order valence-corrected chi connectivity index (χ2v) is 7.31. The molecule has 0 saturated heterocycles. The molecule has 2 amide bonds. The average Bonchev–Trinajstić information content (AvgIpc) is 2.97. The maximum absolute atomic E-state index is 12.8.